The molecule has 4 heteroatoms. The molecule has 0 bridgehead atoms. The summed E-state index contributed by atoms with van der Waals surface area (Å²) in [4.78, 5) is 0. The molecule has 0 aliphatic carbocycles. The maximum Gasteiger partial charge on any atom is 0.143 e. The first kappa shape index (κ1) is 35.6. The molecule has 4 aromatic heterocycles. The minimum Gasteiger partial charge on any atom is -0.456 e. The molecular formula is C62H34O4. The standard InChI is InChI=1S/C62H34O4/c1-2-16-36-35(15-1)55(47-33-31-41(61-59(47)45-21-7-11-27-51(45)65-61)39-23-13-29-53-57(39)43-19-5-9-25-49(43)63-53)37-17-3-4-18-38(37)56(36)48-34-32-42(62-60(48)46-22-8-12-28-52(46)66-62)40-24-14-30-54-58(40)44-20-6-10-26-50(44)64-54/h1-34H. The van der Waals surface area contributed by atoms with Crippen molar-refractivity contribution in [3.63, 3.8) is 0 Å². The van der Waals surface area contributed by atoms with Crippen LogP contribution in [0, 0.1) is 0 Å². The largest absolute Gasteiger partial charge is 0.456 e. The highest BCUT2D eigenvalue weighted by atomic mass is 16.3. The first-order chi connectivity index (χ1) is 32.8. The first-order valence-electron chi connectivity index (χ1n) is 22.4. The van der Waals surface area contributed by atoms with Gasteiger partial charge >= 0.3 is 0 Å². The van der Waals surface area contributed by atoms with Gasteiger partial charge in [-0.3, -0.25) is 0 Å². The third-order valence-electron chi connectivity index (χ3n) is 13.9. The molecule has 15 rings (SSSR count). The molecule has 0 atom stereocenters. The maximum absolute atomic E-state index is 6.98. The van der Waals surface area contributed by atoms with E-state index in [1.54, 1.807) is 0 Å². The van der Waals surface area contributed by atoms with Crippen molar-refractivity contribution in [3.8, 4) is 44.5 Å². The SMILES string of the molecule is c1ccc2c(c1)oc1cccc(-c3ccc(-c4c5ccccc5c(-c5ccc(-c6cccc7oc8ccccc8c67)c6oc7ccccc7c56)c5ccccc45)c4c3oc3ccccc34)c12. The van der Waals surface area contributed by atoms with Gasteiger partial charge in [0.05, 0.1) is 0 Å². The zero-order valence-corrected chi connectivity index (χ0v) is 35.3. The van der Waals surface area contributed by atoms with Gasteiger partial charge in [0.25, 0.3) is 0 Å². The average Bonchev–Trinajstić information content (AvgIpc) is 4.16. The fourth-order valence-corrected chi connectivity index (χ4v) is 11.2. The summed E-state index contributed by atoms with van der Waals surface area (Å²) in [6.07, 6.45) is 0. The quantitative estimate of drug-likeness (QED) is 0.166. The van der Waals surface area contributed by atoms with Crippen molar-refractivity contribution in [1.29, 1.82) is 0 Å². The molecule has 0 N–H and O–H groups in total. The van der Waals surface area contributed by atoms with Gasteiger partial charge in [0, 0.05) is 54.2 Å². The van der Waals surface area contributed by atoms with E-state index in [9.17, 15) is 0 Å². The van der Waals surface area contributed by atoms with E-state index in [1.807, 2.05) is 24.3 Å². The van der Waals surface area contributed by atoms with Gasteiger partial charge in [0.2, 0.25) is 0 Å². The van der Waals surface area contributed by atoms with Gasteiger partial charge in [-0.25, -0.2) is 0 Å². The van der Waals surface area contributed by atoms with Crippen molar-refractivity contribution in [2.45, 2.75) is 0 Å². The predicted molar refractivity (Wildman–Crippen MR) is 272 cm³/mol. The lowest BCUT2D eigenvalue weighted by Crippen LogP contribution is -1.93. The van der Waals surface area contributed by atoms with Crippen LogP contribution in [0.25, 0.3) is 154 Å². The number of furan rings is 4. The molecule has 0 fully saturated rings. The molecule has 0 unspecified atom stereocenters. The van der Waals surface area contributed by atoms with Gasteiger partial charge in [-0.15, -0.1) is 0 Å². The van der Waals surface area contributed by atoms with Gasteiger partial charge in [-0.1, -0.05) is 158 Å². The molecule has 4 heterocycles. The summed E-state index contributed by atoms with van der Waals surface area (Å²) in [6.45, 7) is 0. The van der Waals surface area contributed by atoms with Crippen molar-refractivity contribution in [1.82, 2.24) is 0 Å². The molecule has 0 saturated carbocycles. The van der Waals surface area contributed by atoms with E-state index in [0.717, 1.165) is 143 Å². The van der Waals surface area contributed by atoms with Crippen LogP contribution in [0.15, 0.2) is 224 Å². The number of para-hydroxylation sites is 4. The summed E-state index contributed by atoms with van der Waals surface area (Å²) in [6, 6.07) is 73.0. The Labute approximate surface area is 376 Å². The molecule has 0 amide bonds. The second-order valence-electron chi connectivity index (χ2n) is 17.3. The highest BCUT2D eigenvalue weighted by molar-refractivity contribution is 6.30. The van der Waals surface area contributed by atoms with Crippen LogP contribution in [0.2, 0.25) is 0 Å². The lowest BCUT2D eigenvalue weighted by molar-refractivity contribution is 0.668. The van der Waals surface area contributed by atoms with Crippen LogP contribution in [0.4, 0.5) is 0 Å². The van der Waals surface area contributed by atoms with E-state index in [2.05, 4.69) is 182 Å². The molecule has 0 aliphatic heterocycles. The van der Waals surface area contributed by atoms with Crippen molar-refractivity contribution in [3.05, 3.63) is 206 Å². The zero-order valence-electron chi connectivity index (χ0n) is 35.3. The number of benzene rings is 11. The third kappa shape index (κ3) is 4.82. The Morgan fingerprint density at radius 3 is 0.848 bits per heavy atom. The predicted octanol–water partition coefficient (Wildman–Crippen LogP) is 18.3. The molecule has 4 nitrogen and oxygen atoms in total. The maximum atomic E-state index is 6.98. The van der Waals surface area contributed by atoms with E-state index < -0.39 is 0 Å². The number of rotatable bonds is 4. The van der Waals surface area contributed by atoms with E-state index >= 15 is 0 Å². The van der Waals surface area contributed by atoms with Gasteiger partial charge in [0.15, 0.2) is 0 Å². The van der Waals surface area contributed by atoms with Crippen LogP contribution in [0.3, 0.4) is 0 Å². The van der Waals surface area contributed by atoms with E-state index in [1.165, 1.54) is 11.1 Å². The monoisotopic (exact) mass is 842 g/mol. The molecular weight excluding hydrogens is 809 g/mol. The van der Waals surface area contributed by atoms with E-state index in [4.69, 9.17) is 17.7 Å². The average molecular weight is 843 g/mol. The number of hydrogen-bond donors (Lipinski definition) is 0. The van der Waals surface area contributed by atoms with E-state index in [-0.39, 0.29) is 0 Å². The van der Waals surface area contributed by atoms with Crippen molar-refractivity contribution < 1.29 is 17.7 Å². The van der Waals surface area contributed by atoms with Crippen LogP contribution in [0.5, 0.6) is 0 Å². The summed E-state index contributed by atoms with van der Waals surface area (Å²) < 4.78 is 26.7. The minimum absolute atomic E-state index is 0.851. The van der Waals surface area contributed by atoms with Crippen LogP contribution >= 0.6 is 0 Å². The number of fused-ring (bicyclic) bond motifs is 14. The zero-order chi connectivity index (χ0) is 43.0. The van der Waals surface area contributed by atoms with Crippen LogP contribution in [0.1, 0.15) is 0 Å². The Morgan fingerprint density at radius 2 is 0.470 bits per heavy atom. The smallest absolute Gasteiger partial charge is 0.143 e. The highest BCUT2D eigenvalue weighted by Crippen LogP contribution is 2.52. The summed E-state index contributed by atoms with van der Waals surface area (Å²) in [5.74, 6) is 0. The van der Waals surface area contributed by atoms with Crippen LogP contribution in [-0.2, 0) is 0 Å². The summed E-state index contributed by atoms with van der Waals surface area (Å²) in [7, 11) is 0. The first-order valence-corrected chi connectivity index (χ1v) is 22.4. The molecule has 0 saturated heterocycles. The summed E-state index contributed by atoms with van der Waals surface area (Å²) in [5.41, 5.74) is 15.7. The summed E-state index contributed by atoms with van der Waals surface area (Å²) in [5, 5.41) is 13.3. The van der Waals surface area contributed by atoms with E-state index in [0.29, 0.717) is 0 Å². The highest BCUT2D eigenvalue weighted by Gasteiger charge is 2.26. The van der Waals surface area contributed by atoms with Gasteiger partial charge in [-0.2, -0.15) is 0 Å². The molecule has 11 aromatic carbocycles. The third-order valence-corrected chi connectivity index (χ3v) is 13.9. The lowest BCUT2D eigenvalue weighted by Gasteiger charge is -2.19. The molecule has 0 spiro atoms. The topological polar surface area (TPSA) is 52.6 Å². The lowest BCUT2D eigenvalue weighted by atomic mass is 9.83. The fourth-order valence-electron chi connectivity index (χ4n) is 11.2. The Balaban J connectivity index is 1.03. The second-order valence-corrected chi connectivity index (χ2v) is 17.3. The van der Waals surface area contributed by atoms with Gasteiger partial charge < -0.3 is 17.7 Å². The van der Waals surface area contributed by atoms with Crippen molar-refractivity contribution in [2.24, 2.45) is 0 Å². The molecule has 306 valence electrons. The van der Waals surface area contributed by atoms with Crippen LogP contribution < -0.4 is 0 Å². The van der Waals surface area contributed by atoms with Gasteiger partial charge in [0.1, 0.15) is 44.7 Å². The Morgan fingerprint density at radius 1 is 0.182 bits per heavy atom. The molecule has 66 heavy (non-hydrogen) atoms. The Hall–Kier alpha value is -8.86. The molecule has 0 radical (unpaired) electrons. The van der Waals surface area contributed by atoms with Crippen LogP contribution in [-0.4, -0.2) is 0 Å². The minimum atomic E-state index is 0.851. The summed E-state index contributed by atoms with van der Waals surface area (Å²) >= 11 is 0. The molecule has 0 aliphatic rings. The van der Waals surface area contributed by atoms with Crippen molar-refractivity contribution >= 4 is 109 Å². The fraction of sp³-hybridized carbons (Fsp3) is 0. The molecule has 15 aromatic rings. The Bertz CT molecular complexity index is 4190. The normalized spacial score (nSPS) is 12.2. The van der Waals surface area contributed by atoms with Gasteiger partial charge in [-0.05, 0) is 103 Å². The Kier molecular flexibility index (Phi) is 7.19. The second kappa shape index (κ2) is 13.3. The van der Waals surface area contributed by atoms with Crippen molar-refractivity contribution in [2.75, 3.05) is 0 Å². The number of hydrogen-bond acceptors (Lipinski definition) is 4.